The number of amides is 1. The van der Waals surface area contributed by atoms with Gasteiger partial charge in [-0.3, -0.25) is 8.98 Å². The Bertz CT molecular complexity index is 1270. The summed E-state index contributed by atoms with van der Waals surface area (Å²) < 4.78 is 27.9. The minimum atomic E-state index is -3.50. The predicted molar refractivity (Wildman–Crippen MR) is 131 cm³/mol. The zero-order chi connectivity index (χ0) is 23.6. The first kappa shape index (κ1) is 23.5. The van der Waals surface area contributed by atoms with Crippen LogP contribution >= 0.6 is 11.6 Å². The van der Waals surface area contributed by atoms with Gasteiger partial charge in [-0.2, -0.15) is 8.42 Å². The van der Waals surface area contributed by atoms with Crippen LogP contribution < -0.4 is 10.2 Å². The molecule has 1 N–H and O–H groups in total. The number of pyridine rings is 1. The Kier molecular flexibility index (Phi) is 6.88. The molecule has 33 heavy (non-hydrogen) atoms. The summed E-state index contributed by atoms with van der Waals surface area (Å²) in [4.78, 5) is 19.6. The minimum Gasteiger partial charge on any atom is -0.354 e. The van der Waals surface area contributed by atoms with Gasteiger partial charge in [-0.15, -0.1) is 0 Å². The first-order valence-corrected chi connectivity index (χ1v) is 13.0. The third-order valence-electron chi connectivity index (χ3n) is 5.67. The van der Waals surface area contributed by atoms with Crippen LogP contribution in [0.5, 0.6) is 0 Å². The molecule has 4 rings (SSSR count). The van der Waals surface area contributed by atoms with E-state index in [1.807, 2.05) is 60.4 Å². The molecule has 2 aromatic carbocycles. The molecular formula is C24H26ClN3O4S. The summed E-state index contributed by atoms with van der Waals surface area (Å²) in [6.07, 6.45) is 1.91. The number of carbonyl (C=O) groups is 1. The third-order valence-corrected chi connectivity index (χ3v) is 6.60. The Hall–Kier alpha value is -2.68. The lowest BCUT2D eigenvalue weighted by Gasteiger charge is -2.19. The second-order valence-corrected chi connectivity index (χ2v) is 10.4. The maximum Gasteiger partial charge on any atom is 0.264 e. The van der Waals surface area contributed by atoms with Crippen LogP contribution in [0.3, 0.4) is 0 Å². The van der Waals surface area contributed by atoms with Crippen LogP contribution in [0.4, 0.5) is 11.5 Å². The molecule has 3 aromatic rings. The van der Waals surface area contributed by atoms with Gasteiger partial charge in [0.2, 0.25) is 5.91 Å². The van der Waals surface area contributed by atoms with Crippen molar-refractivity contribution >= 4 is 50.0 Å². The van der Waals surface area contributed by atoms with Gasteiger partial charge in [0, 0.05) is 24.4 Å². The van der Waals surface area contributed by atoms with Crippen LogP contribution in [-0.2, 0) is 25.5 Å². The molecule has 9 heteroatoms. The zero-order valence-corrected chi connectivity index (χ0v) is 20.1. The van der Waals surface area contributed by atoms with E-state index in [1.165, 1.54) is 0 Å². The van der Waals surface area contributed by atoms with Gasteiger partial charge in [0.1, 0.15) is 5.82 Å². The molecule has 0 radical (unpaired) electrons. The van der Waals surface area contributed by atoms with Gasteiger partial charge in [-0.25, -0.2) is 4.98 Å². The summed E-state index contributed by atoms with van der Waals surface area (Å²) in [6.45, 7) is 2.98. The van der Waals surface area contributed by atoms with Crippen molar-refractivity contribution in [2.45, 2.75) is 25.9 Å². The number of halogens is 1. The van der Waals surface area contributed by atoms with Crippen molar-refractivity contribution in [1.29, 1.82) is 0 Å². The van der Waals surface area contributed by atoms with E-state index in [0.29, 0.717) is 42.2 Å². The summed E-state index contributed by atoms with van der Waals surface area (Å²) in [5, 5.41) is 4.17. The van der Waals surface area contributed by atoms with Crippen molar-refractivity contribution in [2.75, 3.05) is 29.6 Å². The van der Waals surface area contributed by atoms with E-state index in [9.17, 15) is 13.2 Å². The van der Waals surface area contributed by atoms with Gasteiger partial charge in [-0.05, 0) is 42.7 Å². The van der Waals surface area contributed by atoms with E-state index in [-0.39, 0.29) is 17.9 Å². The largest absolute Gasteiger partial charge is 0.354 e. The van der Waals surface area contributed by atoms with Gasteiger partial charge in [-0.1, -0.05) is 48.9 Å². The quantitative estimate of drug-likeness (QED) is 0.501. The van der Waals surface area contributed by atoms with Gasteiger partial charge < -0.3 is 10.2 Å². The lowest BCUT2D eigenvalue weighted by Crippen LogP contribution is -2.25. The first-order chi connectivity index (χ1) is 15.7. The van der Waals surface area contributed by atoms with Crippen molar-refractivity contribution in [1.82, 2.24) is 4.98 Å². The Labute approximate surface area is 198 Å². The molecule has 174 valence electrons. The van der Waals surface area contributed by atoms with Crippen molar-refractivity contribution in [2.24, 2.45) is 5.92 Å². The van der Waals surface area contributed by atoms with Gasteiger partial charge in [0.15, 0.2) is 0 Å². The van der Waals surface area contributed by atoms with Gasteiger partial charge in [0.05, 0.1) is 28.6 Å². The van der Waals surface area contributed by atoms with E-state index < -0.39 is 10.1 Å². The fraction of sp³-hybridized carbons (Fsp3) is 0.333. The Morgan fingerprint density at radius 1 is 1.21 bits per heavy atom. The van der Waals surface area contributed by atoms with Crippen LogP contribution in [0.25, 0.3) is 10.9 Å². The highest BCUT2D eigenvalue weighted by atomic mass is 35.5. The average molecular weight is 488 g/mol. The third kappa shape index (κ3) is 5.82. The molecular weight excluding hydrogens is 462 g/mol. The van der Waals surface area contributed by atoms with E-state index in [0.717, 1.165) is 23.0 Å². The van der Waals surface area contributed by atoms with Crippen molar-refractivity contribution in [3.63, 3.8) is 0 Å². The number of rotatable bonds is 7. The summed E-state index contributed by atoms with van der Waals surface area (Å²) in [5.41, 5.74) is 2.33. The van der Waals surface area contributed by atoms with Crippen LogP contribution in [0.15, 0.2) is 54.6 Å². The molecule has 1 saturated heterocycles. The van der Waals surface area contributed by atoms with Crippen molar-refractivity contribution in [3.8, 4) is 0 Å². The molecule has 2 atom stereocenters. The summed E-state index contributed by atoms with van der Waals surface area (Å²) >= 11 is 6.43. The lowest BCUT2D eigenvalue weighted by atomic mass is 10.00. The van der Waals surface area contributed by atoms with Crippen LogP contribution in [0.2, 0.25) is 5.02 Å². The van der Waals surface area contributed by atoms with Gasteiger partial charge >= 0.3 is 0 Å². The van der Waals surface area contributed by atoms with Crippen LogP contribution in [-0.4, -0.2) is 44.8 Å². The summed E-state index contributed by atoms with van der Waals surface area (Å²) in [6, 6.07) is 17.1. The van der Waals surface area contributed by atoms with Crippen LogP contribution in [0.1, 0.15) is 18.9 Å². The number of aromatic nitrogens is 1. The van der Waals surface area contributed by atoms with Gasteiger partial charge in [0.25, 0.3) is 10.1 Å². The number of nitrogens with one attached hydrogen (secondary N) is 1. The Morgan fingerprint density at radius 3 is 2.70 bits per heavy atom. The number of hydrogen-bond acceptors (Lipinski definition) is 6. The van der Waals surface area contributed by atoms with Crippen molar-refractivity contribution < 1.29 is 17.4 Å². The number of benzene rings is 2. The van der Waals surface area contributed by atoms with E-state index >= 15 is 0 Å². The molecule has 1 amide bonds. The van der Waals surface area contributed by atoms with E-state index in [4.69, 9.17) is 20.8 Å². The molecule has 1 aliphatic heterocycles. The second kappa shape index (κ2) is 9.67. The highest BCUT2D eigenvalue weighted by Crippen LogP contribution is 2.33. The van der Waals surface area contributed by atoms with E-state index in [1.54, 1.807) is 6.07 Å². The molecule has 0 saturated carbocycles. The molecule has 0 spiro atoms. The number of anilines is 2. The molecule has 1 fully saturated rings. The maximum absolute atomic E-state index is 12.9. The number of fused-ring (bicyclic) bond motifs is 1. The summed E-state index contributed by atoms with van der Waals surface area (Å²) in [7, 11) is -3.50. The maximum atomic E-state index is 12.9. The topological polar surface area (TPSA) is 88.6 Å². The minimum absolute atomic E-state index is 0.113. The second-order valence-electron chi connectivity index (χ2n) is 8.40. The van der Waals surface area contributed by atoms with E-state index in [2.05, 4.69) is 5.32 Å². The molecule has 7 nitrogen and oxygen atoms in total. The average Bonchev–Trinajstić information content (AvgIpc) is 3.22. The van der Waals surface area contributed by atoms with Crippen molar-refractivity contribution in [3.05, 3.63) is 65.2 Å². The lowest BCUT2D eigenvalue weighted by molar-refractivity contribution is -0.119. The zero-order valence-electron chi connectivity index (χ0n) is 18.5. The highest BCUT2D eigenvalue weighted by molar-refractivity contribution is 7.86. The molecule has 2 heterocycles. The predicted octanol–water partition coefficient (Wildman–Crippen LogP) is 4.26. The molecule has 0 aliphatic carbocycles. The standard InChI is InChI=1S/C24H26ClN3O4S/c1-16(14-17-6-4-3-5-7-17)24(29)27-23-19-8-11-22(26-21(19)10-9-20(23)25)28-13-12-18(15-28)32-33(2,30)31/h3-11,16,18H,12-15H2,1-2H3,(H,27,29)/t16-,18-/m1/s1. The monoisotopic (exact) mass is 487 g/mol. The Balaban J connectivity index is 1.51. The first-order valence-electron chi connectivity index (χ1n) is 10.8. The summed E-state index contributed by atoms with van der Waals surface area (Å²) in [5.74, 6) is 0.374. The smallest absolute Gasteiger partial charge is 0.264 e. The SMILES string of the molecule is C[C@H](Cc1ccccc1)C(=O)Nc1c(Cl)ccc2nc(N3CC[C@@H](OS(C)(=O)=O)C3)ccc12. The molecule has 0 bridgehead atoms. The number of nitrogens with zero attached hydrogens (tertiary/aromatic N) is 2. The molecule has 1 aromatic heterocycles. The molecule has 1 aliphatic rings. The fourth-order valence-corrected chi connectivity index (χ4v) is 4.90. The molecule has 0 unspecified atom stereocenters. The van der Waals surface area contributed by atoms with Crippen LogP contribution in [0, 0.1) is 5.92 Å². The Morgan fingerprint density at radius 2 is 1.97 bits per heavy atom. The normalized spacial score (nSPS) is 17.3. The number of carbonyl (C=O) groups excluding carboxylic acids is 1. The highest BCUT2D eigenvalue weighted by Gasteiger charge is 2.27. The number of hydrogen-bond donors (Lipinski definition) is 1. The fourth-order valence-electron chi connectivity index (χ4n) is 4.04.